The fraction of sp³-hybridized carbons (Fsp3) is 0. The highest BCUT2D eigenvalue weighted by Gasteiger charge is 2.06. The highest BCUT2D eigenvalue weighted by Crippen LogP contribution is 2.17. The van der Waals surface area contributed by atoms with Crippen molar-refractivity contribution >= 4 is 25.2 Å². The summed E-state index contributed by atoms with van der Waals surface area (Å²) in [5, 5.41) is 0. The van der Waals surface area contributed by atoms with E-state index in [1.165, 1.54) is 0 Å². The number of aldehydes is 2. The summed E-state index contributed by atoms with van der Waals surface area (Å²) >= 11 is 3.89. The molecule has 2 nitrogen and oxygen atoms in total. The second kappa shape index (κ2) is 3.49. The second-order valence-corrected chi connectivity index (χ2v) is 2.62. The zero-order valence-corrected chi connectivity index (χ0v) is 6.85. The van der Waals surface area contributed by atoms with Gasteiger partial charge in [-0.05, 0) is 12.1 Å². The Kier molecular flexibility index (Phi) is 2.60. The van der Waals surface area contributed by atoms with Crippen molar-refractivity contribution in [3.8, 4) is 0 Å². The molecular weight excluding hydrogens is 179 g/mol. The molecule has 0 aliphatic heterocycles. The van der Waals surface area contributed by atoms with Crippen LogP contribution in [0.1, 0.15) is 20.7 Å². The van der Waals surface area contributed by atoms with Crippen LogP contribution in [0.2, 0.25) is 0 Å². The van der Waals surface area contributed by atoms with Crippen LogP contribution in [-0.4, -0.2) is 12.6 Å². The number of rotatable bonds is 2. The zero-order valence-electron chi connectivity index (χ0n) is 5.95. The van der Waals surface area contributed by atoms with Gasteiger partial charge in [0, 0.05) is 16.0 Å². The van der Waals surface area contributed by atoms with Gasteiger partial charge < -0.3 is 0 Å². The molecule has 0 N–H and O–H groups in total. The average Bonchev–Trinajstić information content (AvgIpc) is 2.08. The van der Waals surface area contributed by atoms with Crippen molar-refractivity contribution in [3.63, 3.8) is 0 Å². The molecular formula is C8H5FO2S. The van der Waals surface area contributed by atoms with Crippen molar-refractivity contribution in [1.82, 2.24) is 0 Å². The molecule has 0 fully saturated rings. The summed E-state index contributed by atoms with van der Waals surface area (Å²) in [7, 11) is 0. The first-order chi connectivity index (χ1) is 5.69. The maximum Gasteiger partial charge on any atom is 0.151 e. The van der Waals surface area contributed by atoms with Crippen molar-refractivity contribution in [3.05, 3.63) is 29.1 Å². The van der Waals surface area contributed by atoms with Crippen LogP contribution in [0.25, 0.3) is 0 Å². The number of carbonyl (C=O) groups is 2. The predicted molar refractivity (Wildman–Crippen MR) is 44.4 cm³/mol. The van der Waals surface area contributed by atoms with Gasteiger partial charge in [0.2, 0.25) is 0 Å². The van der Waals surface area contributed by atoms with E-state index < -0.39 is 5.82 Å². The molecule has 4 heteroatoms. The molecule has 0 saturated carbocycles. The number of thiol groups is 1. The van der Waals surface area contributed by atoms with Crippen LogP contribution in [-0.2, 0) is 0 Å². The molecule has 1 rings (SSSR count). The molecule has 0 bridgehead atoms. The molecule has 62 valence electrons. The van der Waals surface area contributed by atoms with Crippen molar-refractivity contribution in [2.75, 3.05) is 0 Å². The van der Waals surface area contributed by atoms with Gasteiger partial charge in [-0.2, -0.15) is 0 Å². The summed E-state index contributed by atoms with van der Waals surface area (Å²) in [6, 6.07) is 2.06. The summed E-state index contributed by atoms with van der Waals surface area (Å²) in [6.45, 7) is 0. The topological polar surface area (TPSA) is 34.1 Å². The number of halogens is 1. The smallest absolute Gasteiger partial charge is 0.151 e. The molecule has 0 spiro atoms. The van der Waals surface area contributed by atoms with Crippen LogP contribution in [0.3, 0.4) is 0 Å². The first-order valence-corrected chi connectivity index (χ1v) is 3.56. The largest absolute Gasteiger partial charge is 0.298 e. The normalized spacial score (nSPS) is 9.50. The van der Waals surface area contributed by atoms with Gasteiger partial charge >= 0.3 is 0 Å². The average molecular weight is 184 g/mol. The molecule has 0 aliphatic rings. The molecule has 0 saturated heterocycles. The first-order valence-electron chi connectivity index (χ1n) is 3.12. The van der Waals surface area contributed by atoms with Crippen LogP contribution >= 0.6 is 12.6 Å². The summed E-state index contributed by atoms with van der Waals surface area (Å²) in [5.41, 5.74) is 0.167. The molecule has 0 aliphatic carbocycles. The summed E-state index contributed by atoms with van der Waals surface area (Å²) in [6.07, 6.45) is 0.914. The van der Waals surface area contributed by atoms with Crippen molar-refractivity contribution in [2.45, 2.75) is 4.90 Å². The van der Waals surface area contributed by atoms with Gasteiger partial charge in [-0.3, -0.25) is 9.59 Å². The lowest BCUT2D eigenvalue weighted by atomic mass is 10.1. The zero-order chi connectivity index (χ0) is 9.14. The monoisotopic (exact) mass is 184 g/mol. The van der Waals surface area contributed by atoms with E-state index in [4.69, 9.17) is 0 Å². The molecule has 0 heterocycles. The molecule has 0 radical (unpaired) electrons. The van der Waals surface area contributed by atoms with Crippen LogP contribution in [0, 0.1) is 5.82 Å². The first kappa shape index (κ1) is 8.93. The molecule has 1 aromatic rings. The van der Waals surface area contributed by atoms with E-state index in [1.54, 1.807) is 0 Å². The molecule has 0 aromatic heterocycles. The quantitative estimate of drug-likeness (QED) is 0.561. The minimum absolute atomic E-state index is 0.0837. The summed E-state index contributed by atoms with van der Waals surface area (Å²) < 4.78 is 12.6. The Morgan fingerprint density at radius 1 is 1.17 bits per heavy atom. The lowest BCUT2D eigenvalue weighted by Gasteiger charge is -2.00. The van der Waals surface area contributed by atoms with Crippen LogP contribution in [0.15, 0.2) is 17.0 Å². The van der Waals surface area contributed by atoms with Gasteiger partial charge in [0.1, 0.15) is 5.82 Å². The SMILES string of the molecule is O=Cc1cc(F)cc(C=O)c1S. The van der Waals surface area contributed by atoms with E-state index in [1.807, 2.05) is 0 Å². The summed E-state index contributed by atoms with van der Waals surface area (Å²) in [5.74, 6) is -0.614. The molecule has 12 heavy (non-hydrogen) atoms. The van der Waals surface area contributed by atoms with E-state index in [-0.39, 0.29) is 16.0 Å². The van der Waals surface area contributed by atoms with Crippen molar-refractivity contribution in [1.29, 1.82) is 0 Å². The Bertz CT molecular complexity index is 307. The van der Waals surface area contributed by atoms with Crippen molar-refractivity contribution < 1.29 is 14.0 Å². The predicted octanol–water partition coefficient (Wildman–Crippen LogP) is 1.74. The lowest BCUT2D eigenvalue weighted by Crippen LogP contribution is -1.92. The highest BCUT2D eigenvalue weighted by atomic mass is 32.1. The second-order valence-electron chi connectivity index (χ2n) is 2.17. The van der Waals surface area contributed by atoms with E-state index in [2.05, 4.69) is 12.6 Å². The lowest BCUT2D eigenvalue weighted by molar-refractivity contribution is 0.111. The van der Waals surface area contributed by atoms with Crippen LogP contribution in [0.4, 0.5) is 4.39 Å². The molecule has 0 atom stereocenters. The van der Waals surface area contributed by atoms with Gasteiger partial charge in [-0.15, -0.1) is 12.6 Å². The highest BCUT2D eigenvalue weighted by molar-refractivity contribution is 7.80. The Hall–Kier alpha value is -1.16. The Morgan fingerprint density at radius 3 is 1.92 bits per heavy atom. The standard InChI is InChI=1S/C8H5FO2S/c9-7-1-5(3-10)8(12)6(2-7)4-11/h1-4,12H. The summed E-state index contributed by atoms with van der Waals surface area (Å²) in [4.78, 5) is 20.8. The molecule has 0 amide bonds. The third kappa shape index (κ3) is 1.53. The number of hydrogen-bond acceptors (Lipinski definition) is 3. The Morgan fingerprint density at radius 2 is 1.58 bits per heavy atom. The molecule has 0 unspecified atom stereocenters. The van der Waals surface area contributed by atoms with E-state index in [0.717, 1.165) is 12.1 Å². The Labute approximate surface area is 73.8 Å². The maximum absolute atomic E-state index is 12.6. The maximum atomic E-state index is 12.6. The number of carbonyl (C=O) groups excluding carboxylic acids is 2. The van der Waals surface area contributed by atoms with E-state index in [9.17, 15) is 14.0 Å². The third-order valence-electron chi connectivity index (χ3n) is 1.39. The van der Waals surface area contributed by atoms with Crippen LogP contribution < -0.4 is 0 Å². The van der Waals surface area contributed by atoms with E-state index >= 15 is 0 Å². The number of hydrogen-bond donors (Lipinski definition) is 1. The van der Waals surface area contributed by atoms with Crippen molar-refractivity contribution in [2.24, 2.45) is 0 Å². The Balaban J connectivity index is 3.41. The fourth-order valence-electron chi connectivity index (χ4n) is 0.822. The van der Waals surface area contributed by atoms with Gasteiger partial charge in [0.25, 0.3) is 0 Å². The van der Waals surface area contributed by atoms with Gasteiger partial charge in [-0.1, -0.05) is 0 Å². The minimum atomic E-state index is -0.614. The van der Waals surface area contributed by atoms with E-state index in [0.29, 0.717) is 12.6 Å². The minimum Gasteiger partial charge on any atom is -0.298 e. The van der Waals surface area contributed by atoms with Gasteiger partial charge in [0.15, 0.2) is 12.6 Å². The van der Waals surface area contributed by atoms with Crippen LogP contribution in [0.5, 0.6) is 0 Å². The molecule has 1 aromatic carbocycles. The van der Waals surface area contributed by atoms with Gasteiger partial charge in [-0.25, -0.2) is 4.39 Å². The van der Waals surface area contributed by atoms with Gasteiger partial charge in [0.05, 0.1) is 0 Å². The fourth-order valence-corrected chi connectivity index (χ4v) is 1.06. The third-order valence-corrected chi connectivity index (χ3v) is 1.90. The number of benzene rings is 1.